The van der Waals surface area contributed by atoms with Gasteiger partial charge in [0, 0.05) is 19.0 Å². The van der Waals surface area contributed by atoms with Gasteiger partial charge >= 0.3 is 6.03 Å². The Labute approximate surface area is 119 Å². The van der Waals surface area contributed by atoms with Gasteiger partial charge in [0.25, 0.3) is 0 Å². The first kappa shape index (κ1) is 14.6. The molecule has 20 heavy (non-hydrogen) atoms. The number of nitrogens with one attached hydrogen (secondary N) is 2. The summed E-state index contributed by atoms with van der Waals surface area (Å²) in [6.45, 7) is 0.267. The van der Waals surface area contributed by atoms with Crippen LogP contribution in [0.2, 0.25) is 0 Å². The number of allylic oxidation sites excluding steroid dienone is 1. The second-order valence-electron chi connectivity index (χ2n) is 5.18. The molecule has 2 amide bonds. The van der Waals surface area contributed by atoms with Crippen LogP contribution in [-0.4, -0.2) is 29.8 Å². The van der Waals surface area contributed by atoms with E-state index in [1.165, 1.54) is 0 Å². The van der Waals surface area contributed by atoms with E-state index in [1.807, 2.05) is 30.3 Å². The number of amides is 2. The molecule has 1 aliphatic carbocycles. The number of urea groups is 1. The number of hydrogen-bond donors (Lipinski definition) is 3. The van der Waals surface area contributed by atoms with E-state index in [-0.39, 0.29) is 18.6 Å². The highest BCUT2D eigenvalue weighted by Gasteiger charge is 2.13. The summed E-state index contributed by atoms with van der Waals surface area (Å²) in [5.41, 5.74) is 1.07. The molecule has 0 bridgehead atoms. The SMILES string of the molecule is O=C(NCC(O)Cc1ccccc1)NC1CC=CCC1. The van der Waals surface area contributed by atoms with Crippen LogP contribution in [-0.2, 0) is 6.42 Å². The maximum Gasteiger partial charge on any atom is 0.315 e. The number of benzene rings is 1. The zero-order valence-electron chi connectivity index (χ0n) is 11.6. The predicted octanol–water partition coefficient (Wildman–Crippen LogP) is 2.00. The lowest BCUT2D eigenvalue weighted by atomic mass is 10.0. The van der Waals surface area contributed by atoms with E-state index in [0.717, 1.165) is 24.8 Å². The second kappa shape index (κ2) is 7.70. The summed E-state index contributed by atoms with van der Waals surface area (Å²) in [7, 11) is 0. The predicted molar refractivity (Wildman–Crippen MR) is 79.5 cm³/mol. The number of aliphatic hydroxyl groups excluding tert-OH is 1. The Morgan fingerprint density at radius 2 is 2.10 bits per heavy atom. The Balaban J connectivity index is 1.66. The molecule has 0 fully saturated rings. The molecule has 4 heteroatoms. The number of hydrogen-bond acceptors (Lipinski definition) is 2. The van der Waals surface area contributed by atoms with Crippen LogP contribution in [0, 0.1) is 0 Å². The molecule has 0 aromatic heterocycles. The van der Waals surface area contributed by atoms with Gasteiger partial charge in [0.1, 0.15) is 0 Å². The van der Waals surface area contributed by atoms with Crippen LogP contribution in [0.4, 0.5) is 4.79 Å². The van der Waals surface area contributed by atoms with Gasteiger partial charge in [0.05, 0.1) is 6.10 Å². The van der Waals surface area contributed by atoms with Crippen molar-refractivity contribution in [2.45, 2.75) is 37.8 Å². The minimum absolute atomic E-state index is 0.197. The summed E-state index contributed by atoms with van der Waals surface area (Å²) in [5.74, 6) is 0. The van der Waals surface area contributed by atoms with Crippen LogP contribution in [0.3, 0.4) is 0 Å². The van der Waals surface area contributed by atoms with E-state index in [4.69, 9.17) is 0 Å². The third-order valence-electron chi connectivity index (χ3n) is 3.42. The van der Waals surface area contributed by atoms with Gasteiger partial charge in [-0.1, -0.05) is 42.5 Å². The molecule has 0 radical (unpaired) electrons. The zero-order valence-corrected chi connectivity index (χ0v) is 11.6. The average molecular weight is 274 g/mol. The number of carbonyl (C=O) groups excluding carboxylic acids is 1. The van der Waals surface area contributed by atoms with Gasteiger partial charge in [-0.15, -0.1) is 0 Å². The van der Waals surface area contributed by atoms with Crippen LogP contribution in [0.5, 0.6) is 0 Å². The highest BCUT2D eigenvalue weighted by Crippen LogP contribution is 2.10. The van der Waals surface area contributed by atoms with Crippen LogP contribution >= 0.6 is 0 Å². The van der Waals surface area contributed by atoms with E-state index in [9.17, 15) is 9.90 Å². The van der Waals surface area contributed by atoms with Crippen LogP contribution in [0.25, 0.3) is 0 Å². The van der Waals surface area contributed by atoms with Crippen molar-refractivity contribution in [2.75, 3.05) is 6.54 Å². The van der Waals surface area contributed by atoms with Crippen molar-refractivity contribution in [2.24, 2.45) is 0 Å². The zero-order chi connectivity index (χ0) is 14.2. The molecule has 0 spiro atoms. The third kappa shape index (κ3) is 5.05. The van der Waals surface area contributed by atoms with Crippen LogP contribution in [0.1, 0.15) is 24.8 Å². The highest BCUT2D eigenvalue weighted by molar-refractivity contribution is 5.74. The molecule has 1 aromatic carbocycles. The lowest BCUT2D eigenvalue weighted by molar-refractivity contribution is 0.170. The van der Waals surface area contributed by atoms with Gasteiger partial charge in [0.15, 0.2) is 0 Å². The fourth-order valence-electron chi connectivity index (χ4n) is 2.33. The van der Waals surface area contributed by atoms with Crippen molar-refractivity contribution in [3.63, 3.8) is 0 Å². The van der Waals surface area contributed by atoms with Gasteiger partial charge in [-0.3, -0.25) is 0 Å². The van der Waals surface area contributed by atoms with Crippen molar-refractivity contribution in [1.29, 1.82) is 0 Å². The molecule has 108 valence electrons. The Kier molecular flexibility index (Phi) is 5.62. The van der Waals surface area contributed by atoms with Crippen molar-refractivity contribution in [3.8, 4) is 0 Å². The van der Waals surface area contributed by atoms with Gasteiger partial charge < -0.3 is 15.7 Å². The van der Waals surface area contributed by atoms with Crippen molar-refractivity contribution < 1.29 is 9.90 Å². The van der Waals surface area contributed by atoms with Crippen molar-refractivity contribution in [1.82, 2.24) is 10.6 Å². The fourth-order valence-corrected chi connectivity index (χ4v) is 2.33. The van der Waals surface area contributed by atoms with E-state index in [1.54, 1.807) is 0 Å². The summed E-state index contributed by atoms with van der Waals surface area (Å²) in [6, 6.07) is 9.79. The summed E-state index contributed by atoms with van der Waals surface area (Å²) in [4.78, 5) is 11.7. The number of carbonyl (C=O) groups is 1. The lowest BCUT2D eigenvalue weighted by Crippen LogP contribution is -2.45. The van der Waals surface area contributed by atoms with Gasteiger partial charge in [-0.25, -0.2) is 4.79 Å². The van der Waals surface area contributed by atoms with Crippen LogP contribution < -0.4 is 10.6 Å². The molecule has 0 saturated carbocycles. The largest absolute Gasteiger partial charge is 0.391 e. The smallest absolute Gasteiger partial charge is 0.315 e. The average Bonchev–Trinajstić information content (AvgIpc) is 2.47. The summed E-state index contributed by atoms with van der Waals surface area (Å²) < 4.78 is 0. The minimum atomic E-state index is -0.561. The first-order valence-corrected chi connectivity index (χ1v) is 7.15. The molecule has 2 unspecified atom stereocenters. The Hall–Kier alpha value is -1.81. The first-order chi connectivity index (χ1) is 9.74. The van der Waals surface area contributed by atoms with E-state index >= 15 is 0 Å². The Bertz CT molecular complexity index is 445. The topological polar surface area (TPSA) is 61.4 Å². The first-order valence-electron chi connectivity index (χ1n) is 7.15. The molecule has 1 aromatic rings. The number of rotatable bonds is 5. The minimum Gasteiger partial charge on any atom is -0.391 e. The maximum absolute atomic E-state index is 11.7. The number of aliphatic hydroxyl groups is 1. The fraction of sp³-hybridized carbons (Fsp3) is 0.438. The molecule has 0 saturated heterocycles. The molecule has 0 heterocycles. The molecule has 1 aliphatic rings. The lowest BCUT2D eigenvalue weighted by Gasteiger charge is -2.20. The van der Waals surface area contributed by atoms with Crippen molar-refractivity contribution >= 4 is 6.03 Å². The monoisotopic (exact) mass is 274 g/mol. The Morgan fingerprint density at radius 1 is 1.30 bits per heavy atom. The third-order valence-corrected chi connectivity index (χ3v) is 3.42. The molecule has 2 rings (SSSR count). The molecule has 4 nitrogen and oxygen atoms in total. The molecule has 0 aliphatic heterocycles. The van der Waals surface area contributed by atoms with Gasteiger partial charge in [-0.2, -0.15) is 0 Å². The van der Waals surface area contributed by atoms with E-state index < -0.39 is 6.10 Å². The van der Waals surface area contributed by atoms with E-state index in [0.29, 0.717) is 6.42 Å². The van der Waals surface area contributed by atoms with Crippen molar-refractivity contribution in [3.05, 3.63) is 48.0 Å². The summed E-state index contributed by atoms with van der Waals surface area (Å²) in [5, 5.41) is 15.6. The summed E-state index contributed by atoms with van der Waals surface area (Å²) in [6.07, 6.45) is 7.11. The van der Waals surface area contributed by atoms with Gasteiger partial charge in [-0.05, 0) is 24.8 Å². The highest BCUT2D eigenvalue weighted by atomic mass is 16.3. The van der Waals surface area contributed by atoms with E-state index in [2.05, 4.69) is 22.8 Å². The second-order valence-corrected chi connectivity index (χ2v) is 5.18. The molecule has 2 atom stereocenters. The molecule has 3 N–H and O–H groups in total. The molecular weight excluding hydrogens is 252 g/mol. The van der Waals surface area contributed by atoms with Gasteiger partial charge in [0.2, 0.25) is 0 Å². The molecular formula is C16H22N2O2. The Morgan fingerprint density at radius 3 is 2.80 bits per heavy atom. The van der Waals surface area contributed by atoms with Crippen LogP contribution in [0.15, 0.2) is 42.5 Å². The standard InChI is InChI=1S/C16H22N2O2/c19-15(11-13-7-3-1-4-8-13)12-17-16(20)18-14-9-5-2-6-10-14/h1-5,7-8,14-15,19H,6,9-12H2,(H2,17,18,20). The summed E-state index contributed by atoms with van der Waals surface area (Å²) >= 11 is 0. The maximum atomic E-state index is 11.7. The normalized spacial score (nSPS) is 19.4. The quantitative estimate of drug-likeness (QED) is 0.719.